The highest BCUT2D eigenvalue weighted by molar-refractivity contribution is 5.83. The van der Waals surface area contributed by atoms with Gasteiger partial charge in [-0.25, -0.2) is 0 Å². The Morgan fingerprint density at radius 1 is 1.21 bits per heavy atom. The predicted molar refractivity (Wildman–Crippen MR) is 107 cm³/mol. The minimum absolute atomic E-state index is 0.0756. The van der Waals surface area contributed by atoms with E-state index in [4.69, 9.17) is 4.74 Å². The fourth-order valence-electron chi connectivity index (χ4n) is 3.83. The number of nitrogens with one attached hydrogen (secondary N) is 1. The van der Waals surface area contributed by atoms with Gasteiger partial charge in [-0.05, 0) is 37.8 Å². The second-order valence-corrected chi connectivity index (χ2v) is 7.60. The number of pyridine rings is 1. The summed E-state index contributed by atoms with van der Waals surface area (Å²) in [5, 5.41) is 3.04. The van der Waals surface area contributed by atoms with Crippen LogP contribution in [0.15, 0.2) is 24.4 Å². The lowest BCUT2D eigenvalue weighted by Gasteiger charge is -2.33. The molecule has 2 amide bonds. The zero-order valence-corrected chi connectivity index (χ0v) is 16.6. The van der Waals surface area contributed by atoms with E-state index >= 15 is 0 Å². The van der Waals surface area contributed by atoms with E-state index < -0.39 is 0 Å². The van der Waals surface area contributed by atoms with Crippen LogP contribution in [0.1, 0.15) is 31.4 Å². The number of morpholine rings is 1. The smallest absolute Gasteiger partial charge is 0.224 e. The number of likely N-dealkylation sites (tertiary alicyclic amines) is 1. The Morgan fingerprint density at radius 3 is 2.86 bits per heavy atom. The Labute approximate surface area is 167 Å². The minimum atomic E-state index is -0.0871. The number of ether oxygens (including phenoxy) is 1. The van der Waals surface area contributed by atoms with Gasteiger partial charge in [0.1, 0.15) is 0 Å². The number of hydrogen-bond donors (Lipinski definition) is 1. The molecule has 0 bridgehead atoms. The number of rotatable bonds is 9. The highest BCUT2D eigenvalue weighted by Crippen LogP contribution is 2.18. The number of amides is 2. The highest BCUT2D eigenvalue weighted by atomic mass is 16.5. The molecule has 0 radical (unpaired) electrons. The van der Waals surface area contributed by atoms with Crippen LogP contribution in [0.25, 0.3) is 0 Å². The molecule has 3 rings (SSSR count). The third-order valence-electron chi connectivity index (χ3n) is 5.51. The summed E-state index contributed by atoms with van der Waals surface area (Å²) in [5.41, 5.74) is 1.05. The molecule has 0 spiro atoms. The molecular formula is C21H32N4O3. The second-order valence-electron chi connectivity index (χ2n) is 7.60. The van der Waals surface area contributed by atoms with Gasteiger partial charge < -0.3 is 15.0 Å². The van der Waals surface area contributed by atoms with Crippen LogP contribution in [0.5, 0.6) is 0 Å². The topological polar surface area (TPSA) is 74.8 Å². The molecular weight excluding hydrogens is 356 g/mol. The zero-order chi connectivity index (χ0) is 19.6. The summed E-state index contributed by atoms with van der Waals surface area (Å²) in [6.07, 6.45) is 5.61. The van der Waals surface area contributed by atoms with Crippen molar-refractivity contribution >= 4 is 11.8 Å². The largest absolute Gasteiger partial charge is 0.379 e. The van der Waals surface area contributed by atoms with Crippen LogP contribution in [-0.4, -0.2) is 79.1 Å². The van der Waals surface area contributed by atoms with Crippen LogP contribution in [0.3, 0.4) is 0 Å². The third kappa shape index (κ3) is 6.56. The molecule has 0 unspecified atom stereocenters. The summed E-state index contributed by atoms with van der Waals surface area (Å²) in [6.45, 7) is 6.45. The molecule has 7 nitrogen and oxygen atoms in total. The number of nitrogens with zero attached hydrogens (tertiary/aromatic N) is 3. The van der Waals surface area contributed by atoms with Crippen molar-refractivity contribution in [1.29, 1.82) is 0 Å². The maximum Gasteiger partial charge on any atom is 0.224 e. The Kier molecular flexibility index (Phi) is 8.23. The van der Waals surface area contributed by atoms with Gasteiger partial charge in [-0.1, -0.05) is 6.07 Å². The molecule has 1 aromatic rings. The first-order valence-corrected chi connectivity index (χ1v) is 10.5. The van der Waals surface area contributed by atoms with E-state index in [2.05, 4.69) is 15.2 Å². The molecule has 1 aromatic heterocycles. The fourth-order valence-corrected chi connectivity index (χ4v) is 3.83. The Bertz CT molecular complexity index is 619. The Hall–Kier alpha value is -1.99. The van der Waals surface area contributed by atoms with Gasteiger partial charge >= 0.3 is 0 Å². The first-order valence-electron chi connectivity index (χ1n) is 10.5. The molecule has 2 fully saturated rings. The Morgan fingerprint density at radius 2 is 2.07 bits per heavy atom. The monoisotopic (exact) mass is 388 g/mol. The van der Waals surface area contributed by atoms with E-state index in [0.29, 0.717) is 25.9 Å². The molecule has 1 N–H and O–H groups in total. The molecule has 2 saturated heterocycles. The number of aromatic nitrogens is 1. The molecule has 2 aliphatic rings. The van der Waals surface area contributed by atoms with Crippen molar-refractivity contribution in [2.24, 2.45) is 5.92 Å². The van der Waals surface area contributed by atoms with E-state index in [0.717, 1.165) is 64.3 Å². The fraction of sp³-hybridized carbons (Fsp3) is 0.667. The number of hydrogen-bond acceptors (Lipinski definition) is 5. The van der Waals surface area contributed by atoms with Crippen molar-refractivity contribution in [2.45, 2.75) is 32.1 Å². The standard InChI is InChI=1S/C21H32N4O3/c26-20-8-7-18(17-25(20)12-4-11-24-13-15-28-16-14-24)21(27)23-10-3-6-19-5-1-2-9-22-19/h1-2,5,9,18H,3-4,6-8,10-17H2,(H,23,27)/t18-/m0/s1. The number of carbonyl (C=O) groups excluding carboxylic acids is 2. The van der Waals surface area contributed by atoms with Gasteiger partial charge in [0.25, 0.3) is 0 Å². The molecule has 2 aliphatic heterocycles. The van der Waals surface area contributed by atoms with Gasteiger partial charge in [-0.15, -0.1) is 0 Å². The number of aryl methyl sites for hydroxylation is 1. The lowest BCUT2D eigenvalue weighted by atomic mass is 9.96. The van der Waals surface area contributed by atoms with Gasteiger partial charge in [-0.3, -0.25) is 19.5 Å². The van der Waals surface area contributed by atoms with E-state index in [-0.39, 0.29) is 17.7 Å². The van der Waals surface area contributed by atoms with Crippen molar-refractivity contribution in [1.82, 2.24) is 20.1 Å². The molecule has 0 aliphatic carbocycles. The van der Waals surface area contributed by atoms with Crippen LogP contribution in [0.4, 0.5) is 0 Å². The molecule has 3 heterocycles. The Balaban J connectivity index is 1.34. The maximum absolute atomic E-state index is 12.5. The summed E-state index contributed by atoms with van der Waals surface area (Å²) in [4.78, 5) is 33.3. The van der Waals surface area contributed by atoms with E-state index in [1.807, 2.05) is 23.1 Å². The summed E-state index contributed by atoms with van der Waals surface area (Å²) >= 11 is 0. The average molecular weight is 389 g/mol. The normalized spacial score (nSPS) is 20.9. The second kappa shape index (κ2) is 11.1. The molecule has 28 heavy (non-hydrogen) atoms. The first-order chi connectivity index (χ1) is 13.7. The van der Waals surface area contributed by atoms with Gasteiger partial charge in [0.15, 0.2) is 0 Å². The molecule has 7 heteroatoms. The van der Waals surface area contributed by atoms with Crippen LogP contribution < -0.4 is 5.32 Å². The third-order valence-corrected chi connectivity index (χ3v) is 5.51. The summed E-state index contributed by atoms with van der Waals surface area (Å²) < 4.78 is 5.36. The van der Waals surface area contributed by atoms with Crippen molar-refractivity contribution in [3.05, 3.63) is 30.1 Å². The summed E-state index contributed by atoms with van der Waals surface area (Å²) in [7, 11) is 0. The molecule has 0 saturated carbocycles. The SMILES string of the molecule is O=C(NCCCc1ccccn1)[C@H]1CCC(=O)N(CCCN2CCOCC2)C1. The zero-order valence-electron chi connectivity index (χ0n) is 16.6. The predicted octanol–water partition coefficient (Wildman–Crippen LogP) is 1.09. The van der Waals surface area contributed by atoms with E-state index in [1.54, 1.807) is 6.20 Å². The lowest BCUT2D eigenvalue weighted by Crippen LogP contribution is -2.47. The maximum atomic E-state index is 12.5. The van der Waals surface area contributed by atoms with Crippen LogP contribution in [0, 0.1) is 5.92 Å². The van der Waals surface area contributed by atoms with Crippen molar-refractivity contribution in [3.8, 4) is 0 Å². The van der Waals surface area contributed by atoms with Crippen molar-refractivity contribution < 1.29 is 14.3 Å². The van der Waals surface area contributed by atoms with Gasteiger partial charge in [0, 0.05) is 57.6 Å². The van der Waals surface area contributed by atoms with Gasteiger partial charge in [0.2, 0.25) is 11.8 Å². The van der Waals surface area contributed by atoms with Crippen LogP contribution in [-0.2, 0) is 20.7 Å². The number of carbonyl (C=O) groups is 2. The first kappa shape index (κ1) is 20.7. The van der Waals surface area contributed by atoms with Crippen molar-refractivity contribution in [2.75, 3.05) is 52.5 Å². The average Bonchev–Trinajstić information content (AvgIpc) is 2.74. The van der Waals surface area contributed by atoms with Crippen molar-refractivity contribution in [3.63, 3.8) is 0 Å². The lowest BCUT2D eigenvalue weighted by molar-refractivity contribution is -0.138. The van der Waals surface area contributed by atoms with Crippen LogP contribution >= 0.6 is 0 Å². The molecule has 154 valence electrons. The molecule has 0 aromatic carbocycles. The molecule has 1 atom stereocenters. The summed E-state index contributed by atoms with van der Waals surface area (Å²) in [5.74, 6) is 0.170. The quantitative estimate of drug-likeness (QED) is 0.641. The minimum Gasteiger partial charge on any atom is -0.379 e. The summed E-state index contributed by atoms with van der Waals surface area (Å²) in [6, 6.07) is 5.89. The number of piperidine rings is 1. The van der Waals surface area contributed by atoms with Gasteiger partial charge in [0.05, 0.1) is 19.1 Å². The van der Waals surface area contributed by atoms with E-state index in [1.165, 1.54) is 0 Å². The van der Waals surface area contributed by atoms with E-state index in [9.17, 15) is 9.59 Å². The van der Waals surface area contributed by atoms with Crippen LogP contribution in [0.2, 0.25) is 0 Å². The van der Waals surface area contributed by atoms with Gasteiger partial charge in [-0.2, -0.15) is 0 Å². The highest BCUT2D eigenvalue weighted by Gasteiger charge is 2.29.